The number of carbonyl (C=O) groups is 2. The number of carbonyl (C=O) groups excluding carboxylic acids is 2. The molecule has 11 nitrogen and oxygen atoms in total. The van der Waals surface area contributed by atoms with E-state index in [1.165, 1.54) is 0 Å². The molecule has 160 valence electrons. The number of amides is 2. The molecule has 0 aromatic rings. The lowest BCUT2D eigenvalue weighted by Crippen LogP contribution is -2.35. The van der Waals surface area contributed by atoms with Crippen LogP contribution in [0.1, 0.15) is 40.5 Å². The standard InChI is InChI=1S/C14H30N2O9P2/c1-13(2,3)25-12(18)16-8-9-24-10-11(17)15-7-5-6-14(4,26(19)20)27(21,22)23/h19-20H,5-10H2,1-4H3,(H,15,17)(H,16,18)(H2,21,22,23). The predicted molar refractivity (Wildman–Crippen MR) is 99.1 cm³/mol. The molecule has 2 amide bonds. The van der Waals surface area contributed by atoms with Crippen LogP contribution < -0.4 is 10.6 Å². The molecule has 0 saturated heterocycles. The first-order valence-electron chi connectivity index (χ1n) is 8.24. The largest absolute Gasteiger partial charge is 0.444 e. The summed E-state index contributed by atoms with van der Waals surface area (Å²) < 4.78 is 21.5. The quantitative estimate of drug-likeness (QED) is 0.202. The molecular formula is C14H30N2O9P2. The summed E-state index contributed by atoms with van der Waals surface area (Å²) in [5.74, 6) is -0.444. The Morgan fingerprint density at radius 1 is 1.07 bits per heavy atom. The molecule has 0 aliphatic carbocycles. The number of hydrogen-bond donors (Lipinski definition) is 6. The monoisotopic (exact) mass is 432 g/mol. The van der Waals surface area contributed by atoms with Crippen LogP contribution in [0, 0.1) is 0 Å². The highest BCUT2D eigenvalue weighted by Gasteiger charge is 2.48. The highest BCUT2D eigenvalue weighted by Crippen LogP contribution is 2.66. The summed E-state index contributed by atoms with van der Waals surface area (Å²) in [6, 6.07) is 0. The van der Waals surface area contributed by atoms with Crippen molar-refractivity contribution in [2.24, 2.45) is 0 Å². The lowest BCUT2D eigenvalue weighted by molar-refractivity contribution is -0.125. The molecule has 1 atom stereocenters. The molecule has 0 aromatic carbocycles. The van der Waals surface area contributed by atoms with Crippen molar-refractivity contribution in [3.05, 3.63) is 0 Å². The molecule has 0 spiro atoms. The zero-order valence-corrected chi connectivity index (χ0v) is 17.8. The smallest absolute Gasteiger partial charge is 0.407 e. The molecule has 1 unspecified atom stereocenters. The first-order valence-corrected chi connectivity index (χ1v) is 11.1. The SMILES string of the molecule is CC(C)(C)OC(=O)NCCOCC(=O)NCCCC(C)(P(O)O)P(=O)(O)O. The Kier molecular flexibility index (Phi) is 10.9. The minimum absolute atomic E-state index is 0.0944. The summed E-state index contributed by atoms with van der Waals surface area (Å²) >= 11 is 0. The van der Waals surface area contributed by atoms with E-state index in [4.69, 9.17) is 9.47 Å². The second-order valence-corrected chi connectivity index (χ2v) is 11.0. The summed E-state index contributed by atoms with van der Waals surface area (Å²) in [5.41, 5.74) is -0.603. The van der Waals surface area contributed by atoms with Crippen LogP contribution in [0.5, 0.6) is 0 Å². The normalized spacial score (nSPS) is 14.6. The fraction of sp³-hybridized carbons (Fsp3) is 0.857. The Morgan fingerprint density at radius 3 is 2.15 bits per heavy atom. The summed E-state index contributed by atoms with van der Waals surface area (Å²) in [7, 11) is -7.55. The van der Waals surface area contributed by atoms with E-state index >= 15 is 0 Å². The molecule has 0 fully saturated rings. The number of alkyl carbamates (subject to hydrolysis) is 1. The van der Waals surface area contributed by atoms with Crippen LogP contribution in [-0.2, 0) is 18.8 Å². The van der Waals surface area contributed by atoms with Crippen LogP contribution in [0.15, 0.2) is 0 Å². The van der Waals surface area contributed by atoms with E-state index in [0.717, 1.165) is 6.92 Å². The second kappa shape index (κ2) is 11.3. The molecule has 0 radical (unpaired) electrons. The van der Waals surface area contributed by atoms with Crippen LogP contribution >= 0.6 is 16.0 Å². The van der Waals surface area contributed by atoms with Crippen molar-refractivity contribution in [3.63, 3.8) is 0 Å². The van der Waals surface area contributed by atoms with E-state index in [-0.39, 0.29) is 39.1 Å². The molecule has 0 aliphatic heterocycles. The lowest BCUT2D eigenvalue weighted by atomic mass is 10.2. The van der Waals surface area contributed by atoms with Crippen molar-refractivity contribution in [1.29, 1.82) is 0 Å². The lowest BCUT2D eigenvalue weighted by Gasteiger charge is -2.30. The van der Waals surface area contributed by atoms with Gasteiger partial charge in [-0.2, -0.15) is 0 Å². The third-order valence-electron chi connectivity index (χ3n) is 3.36. The molecule has 0 aliphatic rings. The molecule has 0 rings (SSSR count). The number of nitrogens with one attached hydrogen (secondary N) is 2. The molecule has 0 saturated carbocycles. The zero-order chi connectivity index (χ0) is 21.3. The van der Waals surface area contributed by atoms with Gasteiger partial charge >= 0.3 is 13.7 Å². The molecular weight excluding hydrogens is 402 g/mol. The third-order valence-corrected chi connectivity index (χ3v) is 7.24. The van der Waals surface area contributed by atoms with Gasteiger partial charge in [-0.1, -0.05) is 0 Å². The summed E-state index contributed by atoms with van der Waals surface area (Å²) in [6.45, 7) is 6.41. The van der Waals surface area contributed by atoms with Crippen LogP contribution in [0.3, 0.4) is 0 Å². The topological polar surface area (TPSA) is 175 Å². The Balaban J connectivity index is 3.93. The van der Waals surface area contributed by atoms with Gasteiger partial charge in [-0.25, -0.2) is 4.79 Å². The van der Waals surface area contributed by atoms with Crippen LogP contribution in [0.25, 0.3) is 0 Å². The average Bonchev–Trinajstić information content (AvgIpc) is 2.47. The van der Waals surface area contributed by atoms with Crippen molar-refractivity contribution < 1.29 is 43.2 Å². The molecule has 27 heavy (non-hydrogen) atoms. The molecule has 0 bridgehead atoms. The van der Waals surface area contributed by atoms with Crippen LogP contribution in [-0.4, -0.2) is 68.4 Å². The van der Waals surface area contributed by atoms with Crippen LogP contribution in [0.4, 0.5) is 4.79 Å². The highest BCUT2D eigenvalue weighted by molar-refractivity contribution is 7.69. The van der Waals surface area contributed by atoms with Gasteiger partial charge in [-0.05, 0) is 40.5 Å². The van der Waals surface area contributed by atoms with Crippen molar-refractivity contribution >= 4 is 28.0 Å². The first-order chi connectivity index (χ1) is 12.2. The van der Waals surface area contributed by atoms with Gasteiger partial charge in [-0.15, -0.1) is 0 Å². The maximum atomic E-state index is 11.6. The average molecular weight is 432 g/mol. The Bertz CT molecular complexity index is 533. The van der Waals surface area contributed by atoms with Gasteiger partial charge in [0.05, 0.1) is 6.61 Å². The summed E-state index contributed by atoms with van der Waals surface area (Å²) in [6.07, 6.45) is -0.610. The minimum Gasteiger partial charge on any atom is -0.444 e. The van der Waals surface area contributed by atoms with E-state index in [9.17, 15) is 33.7 Å². The van der Waals surface area contributed by atoms with Crippen molar-refractivity contribution in [2.45, 2.75) is 51.0 Å². The van der Waals surface area contributed by atoms with E-state index in [0.29, 0.717) is 0 Å². The Morgan fingerprint density at radius 2 is 1.67 bits per heavy atom. The van der Waals surface area contributed by atoms with Crippen LogP contribution in [0.2, 0.25) is 0 Å². The van der Waals surface area contributed by atoms with Gasteiger partial charge in [0, 0.05) is 13.1 Å². The van der Waals surface area contributed by atoms with Gasteiger partial charge in [0.15, 0.2) is 8.38 Å². The molecule has 13 heteroatoms. The summed E-state index contributed by atoms with van der Waals surface area (Å²) in [5, 5.41) is 4.96. The Labute approximate surface area is 159 Å². The van der Waals surface area contributed by atoms with E-state index in [1.54, 1.807) is 20.8 Å². The zero-order valence-electron chi connectivity index (χ0n) is 16.0. The second-order valence-electron chi connectivity index (χ2n) is 6.99. The fourth-order valence-corrected chi connectivity index (χ4v) is 3.51. The van der Waals surface area contributed by atoms with E-state index in [2.05, 4.69) is 10.6 Å². The van der Waals surface area contributed by atoms with Crippen molar-refractivity contribution in [2.75, 3.05) is 26.3 Å². The maximum absolute atomic E-state index is 11.6. The number of ether oxygens (including phenoxy) is 2. The predicted octanol–water partition coefficient (Wildman–Crippen LogP) is 0.614. The fourth-order valence-electron chi connectivity index (χ4n) is 1.77. The van der Waals surface area contributed by atoms with Gasteiger partial charge in [0.25, 0.3) is 0 Å². The van der Waals surface area contributed by atoms with Crippen molar-refractivity contribution in [1.82, 2.24) is 10.6 Å². The van der Waals surface area contributed by atoms with E-state index < -0.39 is 38.5 Å². The maximum Gasteiger partial charge on any atom is 0.407 e. The van der Waals surface area contributed by atoms with Gasteiger partial charge in [-0.3, -0.25) is 9.36 Å². The first kappa shape index (κ1) is 26.2. The van der Waals surface area contributed by atoms with Gasteiger partial charge in [0.1, 0.15) is 17.1 Å². The molecule has 6 N–H and O–H groups in total. The van der Waals surface area contributed by atoms with Crippen molar-refractivity contribution in [3.8, 4) is 0 Å². The highest BCUT2D eigenvalue weighted by atomic mass is 31.2. The summed E-state index contributed by atoms with van der Waals surface area (Å²) in [4.78, 5) is 58.0. The number of rotatable bonds is 11. The van der Waals surface area contributed by atoms with Gasteiger partial charge < -0.3 is 39.7 Å². The Hall–Kier alpha value is -0.800. The molecule has 0 aromatic heterocycles. The minimum atomic E-state index is -4.71. The third kappa shape index (κ3) is 10.9. The van der Waals surface area contributed by atoms with Gasteiger partial charge in [0.2, 0.25) is 5.91 Å². The van der Waals surface area contributed by atoms with E-state index in [1.807, 2.05) is 0 Å². The molecule has 0 heterocycles. The number of hydrogen-bond acceptors (Lipinski definition) is 7.